The molecule has 2 amide bonds. The number of nitrogens with one attached hydrogen (secondary N) is 1. The molecule has 5 nitrogen and oxygen atoms in total. The van der Waals surface area contributed by atoms with Crippen molar-refractivity contribution in [3.63, 3.8) is 0 Å². The fraction of sp³-hybridized carbons (Fsp3) is 0.800. The van der Waals surface area contributed by atoms with Crippen molar-refractivity contribution in [2.75, 3.05) is 0 Å². The van der Waals surface area contributed by atoms with Crippen LogP contribution in [0.4, 0.5) is 0 Å². The van der Waals surface area contributed by atoms with Crippen molar-refractivity contribution >= 4 is 24.2 Å². The lowest BCUT2D eigenvalue weighted by molar-refractivity contribution is -0.132. The third kappa shape index (κ3) is 3.64. The van der Waals surface area contributed by atoms with Gasteiger partial charge in [0.1, 0.15) is 5.54 Å². The van der Waals surface area contributed by atoms with Gasteiger partial charge in [0.2, 0.25) is 11.8 Å². The zero-order chi connectivity index (χ0) is 11.6. The summed E-state index contributed by atoms with van der Waals surface area (Å²) in [4.78, 5) is 22.8. The van der Waals surface area contributed by atoms with Crippen LogP contribution >= 0.6 is 12.4 Å². The Hall–Kier alpha value is -0.810. The molecule has 1 rings (SSSR count). The van der Waals surface area contributed by atoms with Crippen LogP contribution in [0, 0.1) is 5.92 Å². The van der Waals surface area contributed by atoms with E-state index in [0.717, 1.165) is 12.8 Å². The maximum absolute atomic E-state index is 11.7. The fourth-order valence-electron chi connectivity index (χ4n) is 1.73. The van der Waals surface area contributed by atoms with E-state index in [4.69, 9.17) is 11.5 Å². The molecule has 0 radical (unpaired) electrons. The van der Waals surface area contributed by atoms with Crippen LogP contribution in [0.2, 0.25) is 0 Å². The Bertz CT molecular complexity index is 281. The molecule has 0 aliphatic heterocycles. The van der Waals surface area contributed by atoms with E-state index < -0.39 is 11.4 Å². The van der Waals surface area contributed by atoms with E-state index in [0.29, 0.717) is 6.42 Å². The van der Waals surface area contributed by atoms with Crippen LogP contribution in [0.1, 0.15) is 33.1 Å². The Labute approximate surface area is 102 Å². The van der Waals surface area contributed by atoms with E-state index >= 15 is 0 Å². The van der Waals surface area contributed by atoms with Crippen LogP contribution in [-0.4, -0.2) is 23.4 Å². The third-order valence-electron chi connectivity index (χ3n) is 2.90. The lowest BCUT2D eigenvalue weighted by Crippen LogP contribution is -2.54. The third-order valence-corrected chi connectivity index (χ3v) is 2.90. The van der Waals surface area contributed by atoms with E-state index in [9.17, 15) is 9.59 Å². The standard InChI is InChI=1S/C10H19N3O2.ClH/c1-10(2,9(12)15)13-8(14)6-3-4-7(11)5-6;/h6-7H,3-5,11H2,1-2H3,(H2,12,15)(H,13,14);1H. The second-order valence-corrected chi connectivity index (χ2v) is 4.75. The van der Waals surface area contributed by atoms with Crippen molar-refractivity contribution in [3.8, 4) is 0 Å². The number of hydrogen-bond acceptors (Lipinski definition) is 3. The summed E-state index contributed by atoms with van der Waals surface area (Å²) in [5.74, 6) is -0.719. The van der Waals surface area contributed by atoms with Crippen molar-refractivity contribution in [1.82, 2.24) is 5.32 Å². The Kier molecular flexibility index (Phi) is 5.22. The second-order valence-electron chi connectivity index (χ2n) is 4.75. The van der Waals surface area contributed by atoms with E-state index in [1.807, 2.05) is 0 Å². The number of nitrogens with two attached hydrogens (primary N) is 2. The number of hydrogen-bond donors (Lipinski definition) is 3. The predicted octanol–water partition coefficient (Wildman–Crippen LogP) is -0.0843. The van der Waals surface area contributed by atoms with E-state index in [1.54, 1.807) is 13.8 Å². The lowest BCUT2D eigenvalue weighted by atomic mass is 10.0. The van der Waals surface area contributed by atoms with Gasteiger partial charge in [-0.05, 0) is 33.1 Å². The molecule has 0 heterocycles. The molecule has 16 heavy (non-hydrogen) atoms. The molecule has 0 bridgehead atoms. The normalized spacial score (nSPS) is 24.7. The molecule has 0 saturated heterocycles. The fourth-order valence-corrected chi connectivity index (χ4v) is 1.73. The smallest absolute Gasteiger partial charge is 0.242 e. The van der Waals surface area contributed by atoms with Crippen LogP contribution in [0.3, 0.4) is 0 Å². The first-order valence-electron chi connectivity index (χ1n) is 5.20. The molecular formula is C10H20ClN3O2. The molecule has 0 aromatic carbocycles. The highest BCUT2D eigenvalue weighted by Crippen LogP contribution is 2.24. The van der Waals surface area contributed by atoms with Crippen molar-refractivity contribution < 1.29 is 9.59 Å². The van der Waals surface area contributed by atoms with E-state index in [1.165, 1.54) is 0 Å². The van der Waals surface area contributed by atoms with Crippen molar-refractivity contribution in [2.24, 2.45) is 17.4 Å². The van der Waals surface area contributed by atoms with Gasteiger partial charge in [0.05, 0.1) is 0 Å². The summed E-state index contributed by atoms with van der Waals surface area (Å²) in [6, 6.07) is 0.109. The van der Waals surface area contributed by atoms with Crippen LogP contribution in [-0.2, 0) is 9.59 Å². The number of carbonyl (C=O) groups excluding carboxylic acids is 2. The Morgan fingerprint density at radius 2 is 1.88 bits per heavy atom. The average molecular weight is 250 g/mol. The highest BCUT2D eigenvalue weighted by atomic mass is 35.5. The van der Waals surface area contributed by atoms with Gasteiger partial charge in [0, 0.05) is 12.0 Å². The molecule has 2 atom stereocenters. The maximum Gasteiger partial charge on any atom is 0.242 e. The first-order chi connectivity index (χ1) is 6.83. The summed E-state index contributed by atoms with van der Waals surface area (Å²) in [6.07, 6.45) is 2.36. The summed E-state index contributed by atoms with van der Waals surface area (Å²) >= 11 is 0. The minimum Gasteiger partial charge on any atom is -0.368 e. The van der Waals surface area contributed by atoms with E-state index in [2.05, 4.69) is 5.32 Å². The largest absolute Gasteiger partial charge is 0.368 e. The molecule has 1 saturated carbocycles. The van der Waals surface area contributed by atoms with Crippen molar-refractivity contribution in [3.05, 3.63) is 0 Å². The molecule has 2 unspecified atom stereocenters. The maximum atomic E-state index is 11.7. The highest BCUT2D eigenvalue weighted by Gasteiger charge is 2.33. The number of carbonyl (C=O) groups is 2. The van der Waals surface area contributed by atoms with E-state index in [-0.39, 0.29) is 30.3 Å². The SMILES string of the molecule is CC(C)(NC(=O)C1CCC(N)C1)C(N)=O.Cl. The van der Waals surface area contributed by atoms with Gasteiger partial charge >= 0.3 is 0 Å². The molecule has 1 fully saturated rings. The van der Waals surface area contributed by atoms with Crippen LogP contribution in [0.5, 0.6) is 0 Å². The van der Waals surface area contributed by atoms with Crippen molar-refractivity contribution in [1.29, 1.82) is 0 Å². The number of halogens is 1. The molecular weight excluding hydrogens is 230 g/mol. The summed E-state index contributed by atoms with van der Waals surface area (Å²) in [5, 5.41) is 2.65. The quantitative estimate of drug-likeness (QED) is 0.652. The van der Waals surface area contributed by atoms with Crippen molar-refractivity contribution in [2.45, 2.75) is 44.7 Å². The minimum atomic E-state index is -0.982. The zero-order valence-corrected chi connectivity index (χ0v) is 10.5. The van der Waals surface area contributed by atoms with Gasteiger partial charge in [0.25, 0.3) is 0 Å². The predicted molar refractivity (Wildman–Crippen MR) is 64.0 cm³/mol. The lowest BCUT2D eigenvalue weighted by Gasteiger charge is -2.24. The molecule has 6 heteroatoms. The van der Waals surface area contributed by atoms with Gasteiger partial charge in [0.15, 0.2) is 0 Å². The summed E-state index contributed by atoms with van der Waals surface area (Å²) in [7, 11) is 0. The molecule has 94 valence electrons. The molecule has 0 spiro atoms. The molecule has 0 aromatic heterocycles. The average Bonchev–Trinajstić information content (AvgIpc) is 2.50. The summed E-state index contributed by atoms with van der Waals surface area (Å²) in [5.41, 5.74) is 9.90. The van der Waals surface area contributed by atoms with Crippen LogP contribution in [0.15, 0.2) is 0 Å². The van der Waals surface area contributed by atoms with Crippen LogP contribution in [0.25, 0.3) is 0 Å². The summed E-state index contributed by atoms with van der Waals surface area (Å²) in [6.45, 7) is 3.20. The van der Waals surface area contributed by atoms with Gasteiger partial charge in [-0.15, -0.1) is 12.4 Å². The number of primary amides is 1. The number of amides is 2. The molecule has 1 aliphatic carbocycles. The molecule has 0 aromatic rings. The Morgan fingerprint density at radius 3 is 2.25 bits per heavy atom. The van der Waals surface area contributed by atoms with Gasteiger partial charge in [-0.1, -0.05) is 0 Å². The topological polar surface area (TPSA) is 98.2 Å². The van der Waals surface area contributed by atoms with Gasteiger partial charge in [-0.2, -0.15) is 0 Å². The molecule has 1 aliphatic rings. The summed E-state index contributed by atoms with van der Waals surface area (Å²) < 4.78 is 0. The van der Waals surface area contributed by atoms with Gasteiger partial charge in [-0.25, -0.2) is 0 Å². The first-order valence-corrected chi connectivity index (χ1v) is 5.20. The second kappa shape index (κ2) is 5.50. The van der Waals surface area contributed by atoms with Crippen LogP contribution < -0.4 is 16.8 Å². The molecule has 5 N–H and O–H groups in total. The first kappa shape index (κ1) is 15.2. The Balaban J connectivity index is 0.00000225. The zero-order valence-electron chi connectivity index (χ0n) is 9.66. The Morgan fingerprint density at radius 1 is 1.31 bits per heavy atom. The highest BCUT2D eigenvalue weighted by molar-refractivity contribution is 5.90. The number of rotatable bonds is 3. The van der Waals surface area contributed by atoms with Gasteiger partial charge < -0.3 is 16.8 Å². The monoisotopic (exact) mass is 249 g/mol. The van der Waals surface area contributed by atoms with Gasteiger partial charge in [-0.3, -0.25) is 9.59 Å². The minimum absolute atomic E-state index is 0.